The van der Waals surface area contributed by atoms with E-state index >= 15 is 0 Å². The minimum atomic E-state index is 0.872. The van der Waals surface area contributed by atoms with E-state index in [1.54, 1.807) is 0 Å². The van der Waals surface area contributed by atoms with Crippen molar-refractivity contribution in [2.75, 3.05) is 0 Å². The summed E-state index contributed by atoms with van der Waals surface area (Å²) in [5, 5.41) is 0. The molecule has 1 radical (unpaired) electrons. The van der Waals surface area contributed by atoms with Gasteiger partial charge < -0.3 is 0 Å². The van der Waals surface area contributed by atoms with Gasteiger partial charge in [-0.2, -0.15) is 0 Å². The minimum absolute atomic E-state index is 0.872. The molecular weight excluding hydrogens is 72.1 g/mol. The van der Waals surface area contributed by atoms with E-state index in [1.165, 1.54) is 0 Å². The second kappa shape index (κ2) is 4.48. The van der Waals surface area contributed by atoms with Crippen LogP contribution in [0.1, 0.15) is 13.3 Å². The Morgan fingerprint density at radius 1 is 1.83 bits per heavy atom. The molecule has 0 rings (SSSR count). The molecule has 0 saturated heterocycles. The van der Waals surface area contributed by atoms with Crippen LogP contribution in [0, 0.1) is 6.08 Å². The molecule has 0 heteroatoms. The van der Waals surface area contributed by atoms with Crippen molar-refractivity contribution in [1.29, 1.82) is 0 Å². The second-order valence-electron chi connectivity index (χ2n) is 1.02. The smallest absolute Gasteiger partial charge is 0.0101 e. The Kier molecular flexibility index (Phi) is 4.09. The molecule has 0 aromatic heterocycles. The molecule has 6 heavy (non-hydrogen) atoms. The summed E-state index contributed by atoms with van der Waals surface area (Å²) < 4.78 is 0. The molecule has 0 aromatic rings. The van der Waals surface area contributed by atoms with E-state index in [2.05, 4.69) is 12.7 Å². The number of hydrogen-bond acceptors (Lipinski definition) is 0. The molecule has 0 saturated carbocycles. The maximum absolute atomic E-state index is 3.42. The molecule has 0 spiro atoms. The van der Waals surface area contributed by atoms with E-state index in [1.807, 2.05) is 19.1 Å². The minimum Gasteiger partial charge on any atom is -0.0953 e. The van der Waals surface area contributed by atoms with Crippen molar-refractivity contribution in [3.63, 3.8) is 0 Å². The van der Waals surface area contributed by atoms with Gasteiger partial charge in [-0.25, -0.2) is 0 Å². The monoisotopic (exact) mass is 81.1 g/mol. The van der Waals surface area contributed by atoms with Crippen LogP contribution in [0.3, 0.4) is 0 Å². The number of hydrogen-bond donors (Lipinski definition) is 0. The lowest BCUT2D eigenvalue weighted by atomic mass is 10.4. The van der Waals surface area contributed by atoms with Crippen LogP contribution in [-0.2, 0) is 0 Å². The molecule has 0 bridgehead atoms. The van der Waals surface area contributed by atoms with Gasteiger partial charge in [0.2, 0.25) is 0 Å². The topological polar surface area (TPSA) is 0 Å². The molecular formula is C6H9. The number of rotatable bonds is 2. The maximum atomic E-state index is 3.42. The van der Waals surface area contributed by atoms with Crippen molar-refractivity contribution in [3.05, 3.63) is 24.8 Å². The summed E-state index contributed by atoms with van der Waals surface area (Å²) >= 11 is 0. The zero-order chi connectivity index (χ0) is 4.83. The molecule has 0 unspecified atom stereocenters. The van der Waals surface area contributed by atoms with E-state index in [0.29, 0.717) is 0 Å². The largest absolute Gasteiger partial charge is 0.0953 e. The van der Waals surface area contributed by atoms with Gasteiger partial charge in [-0.15, -0.1) is 0 Å². The van der Waals surface area contributed by atoms with Gasteiger partial charge in [0.15, 0.2) is 0 Å². The van der Waals surface area contributed by atoms with E-state index < -0.39 is 0 Å². The zero-order valence-corrected chi connectivity index (χ0v) is 4.07. The zero-order valence-electron chi connectivity index (χ0n) is 4.07. The van der Waals surface area contributed by atoms with Gasteiger partial charge in [-0.1, -0.05) is 18.7 Å². The van der Waals surface area contributed by atoms with E-state index in [4.69, 9.17) is 0 Å². The molecule has 0 aliphatic heterocycles. The van der Waals surface area contributed by atoms with Crippen LogP contribution in [0.5, 0.6) is 0 Å². The van der Waals surface area contributed by atoms with Crippen LogP contribution in [-0.4, -0.2) is 0 Å². The SMILES string of the molecule is C=[C]C/C=C/C. The first-order valence-corrected chi connectivity index (χ1v) is 2.03. The van der Waals surface area contributed by atoms with Crippen LogP contribution < -0.4 is 0 Å². The quantitative estimate of drug-likeness (QED) is 0.445. The van der Waals surface area contributed by atoms with E-state index in [9.17, 15) is 0 Å². The fraction of sp³-hybridized carbons (Fsp3) is 0.333. The average molecular weight is 81.1 g/mol. The Labute approximate surface area is 39.2 Å². The third kappa shape index (κ3) is 3.48. The highest BCUT2D eigenvalue weighted by molar-refractivity contribution is 4.80. The molecule has 0 atom stereocenters. The van der Waals surface area contributed by atoms with Gasteiger partial charge >= 0.3 is 0 Å². The highest BCUT2D eigenvalue weighted by Crippen LogP contribution is 1.77. The third-order valence-corrected chi connectivity index (χ3v) is 0.498. The summed E-state index contributed by atoms with van der Waals surface area (Å²) in [5.41, 5.74) is 0. The molecule has 0 N–H and O–H groups in total. The summed E-state index contributed by atoms with van der Waals surface area (Å²) in [5.74, 6) is 0. The van der Waals surface area contributed by atoms with Crippen molar-refractivity contribution < 1.29 is 0 Å². The van der Waals surface area contributed by atoms with Crippen LogP contribution in [0.25, 0.3) is 0 Å². The standard InChI is InChI=1S/C6H9/c1-3-5-6-4-2/h4,6H,1,5H2,2H3/b6-4+. The lowest BCUT2D eigenvalue weighted by Crippen LogP contribution is -1.49. The van der Waals surface area contributed by atoms with Crippen molar-refractivity contribution >= 4 is 0 Å². The normalized spacial score (nSPS) is 9.50. The Bertz CT molecular complexity index is 51.1. The summed E-state index contributed by atoms with van der Waals surface area (Å²) in [6.45, 7) is 5.41. The van der Waals surface area contributed by atoms with Crippen LogP contribution in [0.15, 0.2) is 18.7 Å². The highest BCUT2D eigenvalue weighted by atomic mass is 13.6. The van der Waals surface area contributed by atoms with E-state index in [-0.39, 0.29) is 0 Å². The summed E-state index contributed by atoms with van der Waals surface area (Å²) in [4.78, 5) is 0. The molecule has 0 aliphatic rings. The molecule has 0 aromatic carbocycles. The Hall–Kier alpha value is -0.520. The van der Waals surface area contributed by atoms with Crippen molar-refractivity contribution in [2.24, 2.45) is 0 Å². The van der Waals surface area contributed by atoms with Gasteiger partial charge in [0.05, 0.1) is 0 Å². The fourth-order valence-corrected chi connectivity index (χ4v) is 0.201. The van der Waals surface area contributed by atoms with Gasteiger partial charge in [0, 0.05) is 0 Å². The summed E-state index contributed by atoms with van der Waals surface area (Å²) in [6.07, 6.45) is 7.59. The summed E-state index contributed by atoms with van der Waals surface area (Å²) in [6, 6.07) is 0. The van der Waals surface area contributed by atoms with Crippen LogP contribution in [0.4, 0.5) is 0 Å². The van der Waals surface area contributed by atoms with Gasteiger partial charge in [-0.3, -0.25) is 0 Å². The van der Waals surface area contributed by atoms with Gasteiger partial charge in [0.1, 0.15) is 0 Å². The Balaban J connectivity index is 2.85. The first kappa shape index (κ1) is 5.48. The Morgan fingerprint density at radius 3 is 2.67 bits per heavy atom. The van der Waals surface area contributed by atoms with Crippen LogP contribution >= 0.6 is 0 Å². The maximum Gasteiger partial charge on any atom is -0.0101 e. The molecule has 0 heterocycles. The summed E-state index contributed by atoms with van der Waals surface area (Å²) in [7, 11) is 0. The predicted molar refractivity (Wildman–Crippen MR) is 28.3 cm³/mol. The molecule has 0 nitrogen and oxygen atoms in total. The molecule has 33 valence electrons. The van der Waals surface area contributed by atoms with Crippen molar-refractivity contribution in [3.8, 4) is 0 Å². The van der Waals surface area contributed by atoms with Gasteiger partial charge in [-0.05, 0) is 19.4 Å². The first-order chi connectivity index (χ1) is 2.91. The second-order valence-corrected chi connectivity index (χ2v) is 1.02. The predicted octanol–water partition coefficient (Wildman–Crippen LogP) is 1.94. The first-order valence-electron chi connectivity index (χ1n) is 2.03. The van der Waals surface area contributed by atoms with Gasteiger partial charge in [0.25, 0.3) is 0 Å². The van der Waals surface area contributed by atoms with Crippen LogP contribution in [0.2, 0.25) is 0 Å². The fourth-order valence-electron chi connectivity index (χ4n) is 0.201. The molecule has 0 aliphatic carbocycles. The molecule has 0 fully saturated rings. The number of allylic oxidation sites excluding steroid dienone is 3. The molecule has 0 amide bonds. The average Bonchev–Trinajstić information content (AvgIpc) is 1.61. The van der Waals surface area contributed by atoms with Crippen molar-refractivity contribution in [2.45, 2.75) is 13.3 Å². The lowest BCUT2D eigenvalue weighted by molar-refractivity contribution is 1.34. The van der Waals surface area contributed by atoms with Crippen molar-refractivity contribution in [1.82, 2.24) is 0 Å². The highest BCUT2D eigenvalue weighted by Gasteiger charge is 1.58. The lowest BCUT2D eigenvalue weighted by Gasteiger charge is -1.68. The third-order valence-electron chi connectivity index (χ3n) is 0.498. The van der Waals surface area contributed by atoms with E-state index in [0.717, 1.165) is 6.42 Å². The Morgan fingerprint density at radius 2 is 2.50 bits per heavy atom.